The minimum atomic E-state index is -0.185. The Bertz CT molecular complexity index is 766. The topological polar surface area (TPSA) is 70.8 Å². The zero-order chi connectivity index (χ0) is 19.0. The summed E-state index contributed by atoms with van der Waals surface area (Å²) in [6.07, 6.45) is 6.12. The predicted molar refractivity (Wildman–Crippen MR) is 102 cm³/mol. The van der Waals surface area contributed by atoms with Gasteiger partial charge in [-0.25, -0.2) is 9.69 Å². The fraction of sp³-hybridized carbons (Fsp3) is 0.667. The number of fused-ring (bicyclic) bond motifs is 1. The van der Waals surface area contributed by atoms with Crippen molar-refractivity contribution in [2.75, 3.05) is 45.4 Å². The third-order valence-electron chi connectivity index (χ3n) is 5.50. The first kappa shape index (κ1) is 18.6. The molecule has 1 unspecified atom stereocenters. The number of aromatic nitrogens is 2. The molecule has 0 bridgehead atoms. The van der Waals surface area contributed by atoms with Crippen molar-refractivity contribution in [1.29, 1.82) is 0 Å². The van der Waals surface area contributed by atoms with Crippen LogP contribution >= 0.6 is 11.6 Å². The lowest BCUT2D eigenvalue weighted by molar-refractivity contribution is -0.324. The van der Waals surface area contributed by atoms with Crippen molar-refractivity contribution in [3.05, 3.63) is 5.28 Å². The van der Waals surface area contributed by atoms with E-state index in [4.69, 9.17) is 21.1 Å². The van der Waals surface area contributed by atoms with E-state index < -0.39 is 0 Å². The second-order valence-corrected chi connectivity index (χ2v) is 7.73. The van der Waals surface area contributed by atoms with E-state index in [1.165, 1.54) is 4.90 Å². The van der Waals surface area contributed by atoms with Crippen LogP contribution in [0.4, 0.5) is 16.3 Å². The van der Waals surface area contributed by atoms with Gasteiger partial charge in [-0.2, -0.15) is 9.56 Å². The van der Waals surface area contributed by atoms with Crippen LogP contribution in [0.5, 0.6) is 5.88 Å². The molecule has 27 heavy (non-hydrogen) atoms. The molecule has 0 saturated carbocycles. The van der Waals surface area contributed by atoms with Crippen LogP contribution in [0.25, 0.3) is 0 Å². The highest BCUT2D eigenvalue weighted by atomic mass is 35.5. The van der Waals surface area contributed by atoms with E-state index in [1.807, 2.05) is 6.21 Å². The summed E-state index contributed by atoms with van der Waals surface area (Å²) in [7, 11) is 3.80. The van der Waals surface area contributed by atoms with Crippen LogP contribution < -0.4 is 9.64 Å². The van der Waals surface area contributed by atoms with E-state index in [2.05, 4.69) is 21.9 Å². The molecule has 146 valence electrons. The second kappa shape index (κ2) is 7.69. The Hall–Kier alpha value is -1.77. The van der Waals surface area contributed by atoms with Gasteiger partial charge in [0.05, 0.1) is 19.9 Å². The maximum absolute atomic E-state index is 12.8. The normalized spacial score (nSPS) is 27.4. The van der Waals surface area contributed by atoms with Crippen molar-refractivity contribution in [2.24, 2.45) is 5.92 Å². The number of ether oxygens (including phenoxy) is 2. The minimum absolute atomic E-state index is 0.0740. The number of rotatable bonds is 4. The average molecular weight is 395 g/mol. The number of carbonyl (C=O) groups excluding carboxylic acids is 1. The molecule has 2 fully saturated rings. The zero-order valence-electron chi connectivity index (χ0n) is 15.7. The van der Waals surface area contributed by atoms with E-state index in [1.54, 1.807) is 11.6 Å². The summed E-state index contributed by atoms with van der Waals surface area (Å²) >= 11 is 6.15. The number of hydrogen-bond acceptors (Lipinski definition) is 6. The van der Waals surface area contributed by atoms with Crippen LogP contribution in [0.15, 0.2) is 0 Å². The van der Waals surface area contributed by atoms with Gasteiger partial charge in [-0.05, 0) is 50.9 Å². The number of hydrogen-bond donors (Lipinski definition) is 0. The molecule has 1 aromatic heterocycles. The molecule has 2 amide bonds. The first-order chi connectivity index (χ1) is 13.0. The lowest BCUT2D eigenvalue weighted by Crippen LogP contribution is -2.31. The molecule has 2 saturated heterocycles. The number of halogens is 1. The number of likely N-dealkylation sites (N-methyl/N-ethyl adjacent to an activating group) is 1. The third kappa shape index (κ3) is 3.66. The summed E-state index contributed by atoms with van der Waals surface area (Å²) in [6, 6.07) is 0.161. The Balaban J connectivity index is 1.63. The van der Waals surface area contributed by atoms with Gasteiger partial charge in [0.1, 0.15) is 6.61 Å². The highest BCUT2D eigenvalue weighted by Crippen LogP contribution is 2.41. The van der Waals surface area contributed by atoms with E-state index >= 15 is 0 Å². The molecular formula is C18H25ClN5O3+. The van der Waals surface area contributed by atoms with Crippen LogP contribution in [0, 0.1) is 5.92 Å². The van der Waals surface area contributed by atoms with E-state index in [0.717, 1.165) is 38.8 Å². The molecule has 8 nitrogen and oxygen atoms in total. The number of nitrogens with zero attached hydrogens (tertiary/aromatic N) is 5. The van der Waals surface area contributed by atoms with Crippen LogP contribution in [0.2, 0.25) is 5.28 Å². The summed E-state index contributed by atoms with van der Waals surface area (Å²) < 4.78 is 13.1. The molecular weight excluding hydrogens is 370 g/mol. The summed E-state index contributed by atoms with van der Waals surface area (Å²) in [6.45, 7) is 2.97. The quantitative estimate of drug-likeness (QED) is 0.576. The summed E-state index contributed by atoms with van der Waals surface area (Å²) in [4.78, 5) is 25.2. The maximum atomic E-state index is 12.8. The molecule has 2 atom stereocenters. The second-order valence-electron chi connectivity index (χ2n) is 7.40. The Morgan fingerprint density at radius 1 is 1.33 bits per heavy atom. The Morgan fingerprint density at radius 3 is 2.89 bits per heavy atom. The van der Waals surface area contributed by atoms with E-state index in [-0.39, 0.29) is 17.2 Å². The van der Waals surface area contributed by atoms with Crippen molar-refractivity contribution in [3.63, 3.8) is 0 Å². The van der Waals surface area contributed by atoms with Gasteiger partial charge in [0.15, 0.2) is 0 Å². The smallest absolute Gasteiger partial charge is 0.448 e. The molecule has 0 aliphatic carbocycles. The number of likely N-dealkylation sites (tertiary alicyclic amines) is 1. The lowest BCUT2D eigenvalue weighted by Gasteiger charge is -2.19. The summed E-state index contributed by atoms with van der Waals surface area (Å²) in [5.41, 5.74) is 0.568. The van der Waals surface area contributed by atoms with Crippen molar-refractivity contribution in [2.45, 2.75) is 31.7 Å². The molecule has 4 heterocycles. The molecule has 0 N–H and O–H groups in total. The molecule has 3 aliphatic heterocycles. The van der Waals surface area contributed by atoms with Gasteiger partial charge in [0.25, 0.3) is 5.88 Å². The minimum Gasteiger partial charge on any atom is -0.473 e. The van der Waals surface area contributed by atoms with E-state index in [9.17, 15) is 4.79 Å². The Kier molecular flexibility index (Phi) is 5.29. The molecule has 3 aliphatic rings. The largest absolute Gasteiger partial charge is 0.473 e. The highest BCUT2D eigenvalue weighted by Gasteiger charge is 2.44. The van der Waals surface area contributed by atoms with Gasteiger partial charge in [-0.15, -0.1) is 0 Å². The monoisotopic (exact) mass is 394 g/mol. The molecule has 1 aromatic rings. The van der Waals surface area contributed by atoms with Gasteiger partial charge < -0.3 is 14.4 Å². The van der Waals surface area contributed by atoms with Crippen molar-refractivity contribution in [1.82, 2.24) is 14.9 Å². The summed E-state index contributed by atoms with van der Waals surface area (Å²) in [5.74, 6) is 1.01. The van der Waals surface area contributed by atoms with Crippen LogP contribution in [-0.2, 0) is 4.74 Å². The van der Waals surface area contributed by atoms with Gasteiger partial charge >= 0.3 is 17.1 Å². The maximum Gasteiger partial charge on any atom is 0.448 e. The van der Waals surface area contributed by atoms with Crippen molar-refractivity contribution in [3.8, 4) is 5.88 Å². The molecule has 4 rings (SSSR count). The Morgan fingerprint density at radius 2 is 2.19 bits per heavy atom. The zero-order valence-corrected chi connectivity index (χ0v) is 16.5. The van der Waals surface area contributed by atoms with E-state index in [0.29, 0.717) is 36.6 Å². The number of carbonyl (C=O) groups is 1. The first-order valence-electron chi connectivity index (χ1n) is 9.45. The first-order valence-corrected chi connectivity index (χ1v) is 9.82. The summed E-state index contributed by atoms with van der Waals surface area (Å²) in [5, 5.41) is 0.0740. The average Bonchev–Trinajstić information content (AvgIpc) is 3.17. The molecule has 0 radical (unpaired) electrons. The lowest BCUT2D eigenvalue weighted by atomic mass is 10.0. The molecule has 9 heteroatoms. The fourth-order valence-electron chi connectivity index (χ4n) is 3.90. The number of amides is 2. The van der Waals surface area contributed by atoms with Gasteiger partial charge in [0.2, 0.25) is 5.69 Å². The van der Waals surface area contributed by atoms with Gasteiger partial charge in [-0.3, -0.25) is 0 Å². The number of anilines is 1. The van der Waals surface area contributed by atoms with Crippen molar-refractivity contribution >= 4 is 35.4 Å². The molecule has 0 aromatic carbocycles. The van der Waals surface area contributed by atoms with Crippen LogP contribution in [-0.4, -0.2) is 78.2 Å². The Labute approximate surface area is 163 Å². The number of urea groups is 1. The highest BCUT2D eigenvalue weighted by molar-refractivity contribution is 6.28. The van der Waals surface area contributed by atoms with Crippen LogP contribution in [0.3, 0.4) is 0 Å². The SMILES string of the molecule is CN1C(=O)/[N+](=C\C2CCCOC2)c2nc(Cl)nc(OC[C@@H]3CCCN3C)c21. The van der Waals surface area contributed by atoms with Crippen molar-refractivity contribution < 1.29 is 18.8 Å². The van der Waals surface area contributed by atoms with Crippen LogP contribution in [0.1, 0.15) is 25.7 Å². The predicted octanol–water partition coefficient (Wildman–Crippen LogP) is 2.31. The third-order valence-corrected chi connectivity index (χ3v) is 5.67. The van der Waals surface area contributed by atoms with Gasteiger partial charge in [-0.1, -0.05) is 4.98 Å². The standard InChI is InChI=1S/C18H25ClN5O3/c1-22-7-3-6-13(22)11-27-16-14-15(20-17(19)21-16)24(18(25)23(14)2)9-12-5-4-8-26-10-12/h9,12-13H,3-8,10-11H2,1-2H3/q+1/b24-9-/t12?,13-/m0/s1. The fourth-order valence-corrected chi connectivity index (χ4v) is 4.06. The molecule has 0 spiro atoms. The van der Waals surface area contributed by atoms with Gasteiger partial charge in [0, 0.05) is 18.6 Å².